The number of azide groups is 1. The molecule has 1 heterocycles. The summed E-state index contributed by atoms with van der Waals surface area (Å²) in [6.07, 6.45) is 3.12. The smallest absolute Gasteiger partial charge is 0.115 e. The highest BCUT2D eigenvalue weighted by Gasteiger charge is 1.94. The van der Waals surface area contributed by atoms with Crippen LogP contribution in [0.15, 0.2) is 17.6 Å². The Kier molecular flexibility index (Phi) is 2.41. The lowest BCUT2D eigenvalue weighted by Crippen LogP contribution is -1.91. The van der Waals surface area contributed by atoms with E-state index in [1.165, 1.54) is 6.33 Å². The van der Waals surface area contributed by atoms with Gasteiger partial charge < -0.3 is 0 Å². The van der Waals surface area contributed by atoms with Crippen LogP contribution in [-0.2, 0) is 6.54 Å². The molecule has 0 bridgehead atoms. The first kappa shape index (κ1) is 7.50. The van der Waals surface area contributed by atoms with Gasteiger partial charge in [-0.3, -0.25) is 0 Å². The Morgan fingerprint density at radius 2 is 2.55 bits per heavy atom. The number of hydrogen-bond acceptors (Lipinski definition) is 3. The molecule has 0 fully saturated rings. The molecular weight excluding hydrogens is 142 g/mol. The van der Waals surface area contributed by atoms with Crippen molar-refractivity contribution in [2.24, 2.45) is 5.11 Å². The van der Waals surface area contributed by atoms with Gasteiger partial charge in [0.05, 0.1) is 6.54 Å². The normalized spacial score (nSPS) is 8.82. The Bertz CT molecular complexity index is 289. The summed E-state index contributed by atoms with van der Waals surface area (Å²) in [5, 5.41) is 3.40. The molecule has 0 saturated carbocycles. The van der Waals surface area contributed by atoms with E-state index in [0.29, 0.717) is 6.54 Å². The van der Waals surface area contributed by atoms with E-state index < -0.39 is 0 Å². The molecule has 5 nitrogen and oxygen atoms in total. The van der Waals surface area contributed by atoms with E-state index in [2.05, 4.69) is 20.0 Å². The zero-order valence-electron chi connectivity index (χ0n) is 6.10. The number of nitrogens with zero attached hydrogens (tertiary/aromatic N) is 5. The van der Waals surface area contributed by atoms with Crippen molar-refractivity contribution in [3.63, 3.8) is 0 Å². The van der Waals surface area contributed by atoms with Gasteiger partial charge in [-0.2, -0.15) is 0 Å². The molecule has 0 spiro atoms. The third-order valence-corrected chi connectivity index (χ3v) is 1.32. The van der Waals surface area contributed by atoms with Crippen LogP contribution in [0.2, 0.25) is 0 Å². The van der Waals surface area contributed by atoms with Gasteiger partial charge >= 0.3 is 0 Å². The second-order valence-corrected chi connectivity index (χ2v) is 2.02. The summed E-state index contributed by atoms with van der Waals surface area (Å²) in [7, 11) is 0. The predicted molar refractivity (Wildman–Crippen MR) is 39.6 cm³/mol. The van der Waals surface area contributed by atoms with Crippen LogP contribution in [0.25, 0.3) is 10.4 Å². The lowest BCUT2D eigenvalue weighted by atomic mass is 10.2. The second-order valence-electron chi connectivity index (χ2n) is 2.02. The predicted octanol–water partition coefficient (Wildman–Crippen LogP) is 1.60. The molecule has 1 aromatic heterocycles. The summed E-state index contributed by atoms with van der Waals surface area (Å²) in [6.45, 7) is 2.17. The first-order valence-corrected chi connectivity index (χ1v) is 3.11. The van der Waals surface area contributed by atoms with E-state index in [4.69, 9.17) is 5.53 Å². The van der Waals surface area contributed by atoms with E-state index in [1.54, 1.807) is 6.20 Å². The Morgan fingerprint density at radius 1 is 1.73 bits per heavy atom. The number of hydrogen-bond donors (Lipinski definition) is 0. The molecule has 0 aliphatic rings. The molecule has 0 amide bonds. The third-order valence-electron chi connectivity index (χ3n) is 1.32. The molecule has 0 saturated heterocycles. The first-order chi connectivity index (χ1) is 5.34. The lowest BCUT2D eigenvalue weighted by molar-refractivity contribution is 0.958. The molecule has 0 atom stereocenters. The largest absolute Gasteiger partial charge is 0.245 e. The van der Waals surface area contributed by atoms with Crippen molar-refractivity contribution >= 4 is 0 Å². The van der Waals surface area contributed by atoms with Crippen molar-refractivity contribution in [1.29, 1.82) is 0 Å². The molecule has 1 rings (SSSR count). The van der Waals surface area contributed by atoms with Crippen LogP contribution in [0.1, 0.15) is 11.3 Å². The average molecular weight is 149 g/mol. The molecular formula is C6H7N5. The fourth-order valence-corrected chi connectivity index (χ4v) is 0.683. The van der Waals surface area contributed by atoms with Crippen LogP contribution in [0.5, 0.6) is 0 Å². The zero-order chi connectivity index (χ0) is 8.10. The van der Waals surface area contributed by atoms with Crippen molar-refractivity contribution in [3.8, 4) is 0 Å². The average Bonchev–Trinajstić information content (AvgIpc) is 2.03. The summed E-state index contributed by atoms with van der Waals surface area (Å²) in [5.41, 5.74) is 9.76. The van der Waals surface area contributed by atoms with Gasteiger partial charge in [-0.25, -0.2) is 9.97 Å². The van der Waals surface area contributed by atoms with E-state index >= 15 is 0 Å². The van der Waals surface area contributed by atoms with Crippen LogP contribution >= 0.6 is 0 Å². The molecule has 0 unspecified atom stereocenters. The molecule has 0 aliphatic carbocycles. The number of aryl methyl sites for hydroxylation is 1. The molecule has 11 heavy (non-hydrogen) atoms. The van der Waals surface area contributed by atoms with Gasteiger partial charge in [0, 0.05) is 16.8 Å². The fraction of sp³-hybridized carbons (Fsp3) is 0.333. The number of aromatic nitrogens is 2. The molecule has 1 aromatic rings. The zero-order valence-corrected chi connectivity index (χ0v) is 6.10. The highest BCUT2D eigenvalue weighted by atomic mass is 15.1. The van der Waals surface area contributed by atoms with Gasteiger partial charge in [0.2, 0.25) is 0 Å². The van der Waals surface area contributed by atoms with Crippen molar-refractivity contribution in [2.45, 2.75) is 13.5 Å². The summed E-state index contributed by atoms with van der Waals surface area (Å²) < 4.78 is 0. The van der Waals surface area contributed by atoms with Crippen LogP contribution < -0.4 is 0 Å². The van der Waals surface area contributed by atoms with Crippen molar-refractivity contribution < 1.29 is 0 Å². The van der Waals surface area contributed by atoms with Crippen LogP contribution in [0.3, 0.4) is 0 Å². The van der Waals surface area contributed by atoms with E-state index in [9.17, 15) is 0 Å². The maximum absolute atomic E-state index is 8.04. The van der Waals surface area contributed by atoms with E-state index in [1.807, 2.05) is 6.92 Å². The summed E-state index contributed by atoms with van der Waals surface area (Å²) in [5.74, 6) is 0. The summed E-state index contributed by atoms with van der Waals surface area (Å²) in [6, 6.07) is 0. The standard InChI is InChI=1S/C6H7N5/c1-5-6(3-10-11-7)2-8-4-9-5/h2,4H,3H2,1H3. The van der Waals surface area contributed by atoms with Gasteiger partial charge in [-0.1, -0.05) is 5.11 Å². The molecule has 0 N–H and O–H groups in total. The SMILES string of the molecule is Cc1ncncc1CN=[N+]=[N-]. The maximum Gasteiger partial charge on any atom is 0.115 e. The quantitative estimate of drug-likeness (QED) is 0.363. The topological polar surface area (TPSA) is 74.5 Å². The maximum atomic E-state index is 8.04. The van der Waals surface area contributed by atoms with Gasteiger partial charge in [-0.15, -0.1) is 0 Å². The summed E-state index contributed by atoms with van der Waals surface area (Å²) >= 11 is 0. The van der Waals surface area contributed by atoms with Crippen LogP contribution in [0, 0.1) is 6.92 Å². The molecule has 0 aromatic carbocycles. The van der Waals surface area contributed by atoms with Gasteiger partial charge in [0.25, 0.3) is 0 Å². The van der Waals surface area contributed by atoms with Crippen molar-refractivity contribution in [2.75, 3.05) is 0 Å². The van der Waals surface area contributed by atoms with Crippen LogP contribution in [-0.4, -0.2) is 9.97 Å². The fourth-order valence-electron chi connectivity index (χ4n) is 0.683. The third kappa shape index (κ3) is 1.91. The molecule has 56 valence electrons. The van der Waals surface area contributed by atoms with Gasteiger partial charge in [-0.05, 0) is 18.0 Å². The minimum Gasteiger partial charge on any atom is -0.245 e. The van der Waals surface area contributed by atoms with Gasteiger partial charge in [0.1, 0.15) is 6.33 Å². The van der Waals surface area contributed by atoms with E-state index in [0.717, 1.165) is 11.3 Å². The van der Waals surface area contributed by atoms with Gasteiger partial charge in [0.15, 0.2) is 0 Å². The molecule has 0 aliphatic heterocycles. The Labute approximate surface area is 63.7 Å². The minimum atomic E-state index is 0.323. The highest BCUT2D eigenvalue weighted by Crippen LogP contribution is 2.02. The minimum absolute atomic E-state index is 0.323. The van der Waals surface area contributed by atoms with Crippen molar-refractivity contribution in [1.82, 2.24) is 9.97 Å². The Balaban J connectivity index is 2.85. The number of rotatable bonds is 2. The van der Waals surface area contributed by atoms with Crippen molar-refractivity contribution in [3.05, 3.63) is 34.2 Å². The summed E-state index contributed by atoms with van der Waals surface area (Å²) in [4.78, 5) is 10.4. The Morgan fingerprint density at radius 3 is 3.18 bits per heavy atom. The van der Waals surface area contributed by atoms with Crippen LogP contribution in [0.4, 0.5) is 0 Å². The molecule has 5 heteroatoms. The van der Waals surface area contributed by atoms with E-state index in [-0.39, 0.29) is 0 Å². The second kappa shape index (κ2) is 3.53. The highest BCUT2D eigenvalue weighted by molar-refractivity contribution is 5.13. The molecule has 0 radical (unpaired) electrons. The first-order valence-electron chi connectivity index (χ1n) is 3.11. The Hall–Kier alpha value is -1.61. The monoisotopic (exact) mass is 149 g/mol. The lowest BCUT2D eigenvalue weighted by Gasteiger charge is -1.96.